The Morgan fingerprint density at radius 3 is 2.50 bits per heavy atom. The standard InChI is InChI=1S/C10H17NO3/c1-2-8(10(13)14)11-9(12)6-7-4-3-5-7/h7-8H,2-6H2,1H3,(H,11,12)(H,13,14)/t8-/m0/s1. The summed E-state index contributed by atoms with van der Waals surface area (Å²) in [5.41, 5.74) is 0. The second-order valence-corrected chi connectivity index (χ2v) is 3.87. The van der Waals surface area contributed by atoms with Crippen molar-refractivity contribution in [3.63, 3.8) is 0 Å². The van der Waals surface area contributed by atoms with Crippen LogP contribution < -0.4 is 5.32 Å². The van der Waals surface area contributed by atoms with Crippen LogP contribution in [0, 0.1) is 5.92 Å². The number of carboxylic acid groups (broad SMARTS) is 1. The molecule has 1 aliphatic rings. The van der Waals surface area contributed by atoms with Gasteiger partial charge in [-0.05, 0) is 25.2 Å². The molecule has 1 rings (SSSR count). The fourth-order valence-corrected chi connectivity index (χ4v) is 1.55. The lowest BCUT2D eigenvalue weighted by atomic mass is 9.83. The quantitative estimate of drug-likeness (QED) is 0.698. The van der Waals surface area contributed by atoms with Gasteiger partial charge < -0.3 is 10.4 Å². The fourth-order valence-electron chi connectivity index (χ4n) is 1.55. The predicted octanol–water partition coefficient (Wildman–Crippen LogP) is 1.16. The Balaban J connectivity index is 2.26. The number of hydrogen-bond acceptors (Lipinski definition) is 2. The van der Waals surface area contributed by atoms with E-state index in [1.165, 1.54) is 6.42 Å². The maximum atomic E-state index is 11.3. The van der Waals surface area contributed by atoms with Gasteiger partial charge in [-0.15, -0.1) is 0 Å². The van der Waals surface area contributed by atoms with E-state index in [4.69, 9.17) is 5.11 Å². The molecule has 0 aliphatic heterocycles. The molecule has 0 heterocycles. The molecule has 1 amide bonds. The summed E-state index contributed by atoms with van der Waals surface area (Å²) in [4.78, 5) is 22.0. The first-order valence-electron chi connectivity index (χ1n) is 5.15. The average Bonchev–Trinajstić information content (AvgIpc) is 2.07. The smallest absolute Gasteiger partial charge is 0.326 e. The molecule has 1 saturated carbocycles. The van der Waals surface area contributed by atoms with Crippen LogP contribution in [0.5, 0.6) is 0 Å². The van der Waals surface area contributed by atoms with Crippen LogP contribution in [0.25, 0.3) is 0 Å². The molecule has 80 valence electrons. The second-order valence-electron chi connectivity index (χ2n) is 3.87. The third-order valence-electron chi connectivity index (χ3n) is 2.74. The van der Waals surface area contributed by atoms with Gasteiger partial charge in [0.1, 0.15) is 6.04 Å². The average molecular weight is 199 g/mol. The van der Waals surface area contributed by atoms with Crippen molar-refractivity contribution in [3.05, 3.63) is 0 Å². The van der Waals surface area contributed by atoms with Crippen molar-refractivity contribution in [1.29, 1.82) is 0 Å². The molecule has 0 radical (unpaired) electrons. The van der Waals surface area contributed by atoms with Gasteiger partial charge in [-0.3, -0.25) is 4.79 Å². The molecule has 0 spiro atoms. The summed E-state index contributed by atoms with van der Waals surface area (Å²) in [6.07, 6.45) is 4.35. The number of rotatable bonds is 5. The van der Waals surface area contributed by atoms with E-state index in [-0.39, 0.29) is 5.91 Å². The van der Waals surface area contributed by atoms with Crippen molar-refractivity contribution in [3.8, 4) is 0 Å². The highest BCUT2D eigenvalue weighted by atomic mass is 16.4. The van der Waals surface area contributed by atoms with Crippen molar-refractivity contribution in [2.45, 2.75) is 45.1 Å². The maximum Gasteiger partial charge on any atom is 0.326 e. The van der Waals surface area contributed by atoms with Gasteiger partial charge in [-0.1, -0.05) is 13.3 Å². The minimum absolute atomic E-state index is 0.121. The maximum absolute atomic E-state index is 11.3. The van der Waals surface area contributed by atoms with Gasteiger partial charge in [0.15, 0.2) is 0 Å². The van der Waals surface area contributed by atoms with Crippen molar-refractivity contribution in [1.82, 2.24) is 5.32 Å². The number of hydrogen-bond donors (Lipinski definition) is 2. The van der Waals surface area contributed by atoms with Crippen LogP contribution in [0.15, 0.2) is 0 Å². The lowest BCUT2D eigenvalue weighted by Crippen LogP contribution is -2.41. The number of amides is 1. The van der Waals surface area contributed by atoms with Gasteiger partial charge in [0, 0.05) is 6.42 Å². The number of nitrogens with one attached hydrogen (secondary N) is 1. The van der Waals surface area contributed by atoms with E-state index in [1.807, 2.05) is 0 Å². The zero-order valence-corrected chi connectivity index (χ0v) is 8.45. The Morgan fingerprint density at radius 2 is 2.14 bits per heavy atom. The minimum Gasteiger partial charge on any atom is -0.480 e. The summed E-state index contributed by atoms with van der Waals surface area (Å²) in [5.74, 6) is -0.584. The van der Waals surface area contributed by atoms with Crippen LogP contribution in [0.2, 0.25) is 0 Å². The summed E-state index contributed by atoms with van der Waals surface area (Å²) in [6, 6.07) is -0.720. The SMILES string of the molecule is CC[C@H](NC(=O)CC1CCC1)C(=O)O. The Morgan fingerprint density at radius 1 is 1.50 bits per heavy atom. The Kier molecular flexibility index (Phi) is 3.92. The number of carbonyl (C=O) groups excluding carboxylic acids is 1. The summed E-state index contributed by atoms with van der Waals surface area (Å²) in [6.45, 7) is 1.75. The topological polar surface area (TPSA) is 66.4 Å². The van der Waals surface area contributed by atoms with E-state index >= 15 is 0 Å². The third-order valence-corrected chi connectivity index (χ3v) is 2.74. The van der Waals surface area contributed by atoms with Crippen LogP contribution in [-0.2, 0) is 9.59 Å². The van der Waals surface area contributed by atoms with Crippen LogP contribution in [0.4, 0.5) is 0 Å². The monoisotopic (exact) mass is 199 g/mol. The molecule has 4 nitrogen and oxygen atoms in total. The molecule has 1 fully saturated rings. The normalized spacial score (nSPS) is 18.4. The van der Waals surface area contributed by atoms with Crippen LogP contribution in [0.3, 0.4) is 0 Å². The Labute approximate surface area is 83.7 Å². The van der Waals surface area contributed by atoms with E-state index in [0.717, 1.165) is 12.8 Å². The molecule has 0 bridgehead atoms. The number of carboxylic acids is 1. The fraction of sp³-hybridized carbons (Fsp3) is 0.800. The molecular weight excluding hydrogens is 182 g/mol. The van der Waals surface area contributed by atoms with Crippen molar-refractivity contribution in [2.75, 3.05) is 0 Å². The van der Waals surface area contributed by atoms with Gasteiger partial charge in [0.25, 0.3) is 0 Å². The summed E-state index contributed by atoms with van der Waals surface area (Å²) in [7, 11) is 0. The summed E-state index contributed by atoms with van der Waals surface area (Å²) < 4.78 is 0. The van der Waals surface area contributed by atoms with Crippen molar-refractivity contribution < 1.29 is 14.7 Å². The van der Waals surface area contributed by atoms with Gasteiger partial charge in [0.2, 0.25) is 5.91 Å². The highest BCUT2D eigenvalue weighted by molar-refractivity contribution is 5.83. The molecule has 4 heteroatoms. The van der Waals surface area contributed by atoms with Gasteiger partial charge in [0.05, 0.1) is 0 Å². The lowest BCUT2D eigenvalue weighted by molar-refractivity contribution is -0.142. The van der Waals surface area contributed by atoms with Gasteiger partial charge >= 0.3 is 5.97 Å². The Bertz CT molecular complexity index is 223. The third kappa shape index (κ3) is 3.01. The molecule has 1 atom stereocenters. The van der Waals surface area contributed by atoms with E-state index in [2.05, 4.69) is 5.32 Å². The van der Waals surface area contributed by atoms with Crippen LogP contribution >= 0.6 is 0 Å². The minimum atomic E-state index is -0.950. The molecule has 0 aromatic rings. The van der Waals surface area contributed by atoms with E-state index in [9.17, 15) is 9.59 Å². The first-order chi connectivity index (χ1) is 6.63. The molecule has 1 aliphatic carbocycles. The molecule has 0 saturated heterocycles. The summed E-state index contributed by atoms with van der Waals surface area (Å²) >= 11 is 0. The zero-order valence-electron chi connectivity index (χ0n) is 8.45. The lowest BCUT2D eigenvalue weighted by Gasteiger charge is -2.25. The Hall–Kier alpha value is -1.06. The summed E-state index contributed by atoms with van der Waals surface area (Å²) in [5, 5.41) is 11.2. The largest absolute Gasteiger partial charge is 0.480 e. The predicted molar refractivity (Wildman–Crippen MR) is 51.8 cm³/mol. The highest BCUT2D eigenvalue weighted by Crippen LogP contribution is 2.29. The number of aliphatic carboxylic acids is 1. The molecule has 0 unspecified atom stereocenters. The van der Waals surface area contributed by atoms with Crippen LogP contribution in [-0.4, -0.2) is 23.0 Å². The van der Waals surface area contributed by atoms with E-state index < -0.39 is 12.0 Å². The molecule has 2 N–H and O–H groups in total. The highest BCUT2D eigenvalue weighted by Gasteiger charge is 2.23. The van der Waals surface area contributed by atoms with Crippen molar-refractivity contribution >= 4 is 11.9 Å². The zero-order chi connectivity index (χ0) is 10.6. The first-order valence-corrected chi connectivity index (χ1v) is 5.15. The van der Waals surface area contributed by atoms with E-state index in [1.54, 1.807) is 6.92 Å². The molecule has 14 heavy (non-hydrogen) atoms. The van der Waals surface area contributed by atoms with Crippen molar-refractivity contribution in [2.24, 2.45) is 5.92 Å². The molecular formula is C10H17NO3. The van der Waals surface area contributed by atoms with Gasteiger partial charge in [-0.25, -0.2) is 4.79 Å². The molecule has 0 aromatic heterocycles. The second kappa shape index (κ2) is 4.98. The number of carbonyl (C=O) groups is 2. The van der Waals surface area contributed by atoms with Crippen LogP contribution in [0.1, 0.15) is 39.0 Å². The van der Waals surface area contributed by atoms with Gasteiger partial charge in [-0.2, -0.15) is 0 Å². The molecule has 0 aromatic carbocycles. The van der Waals surface area contributed by atoms with E-state index in [0.29, 0.717) is 18.8 Å². The first kappa shape index (κ1) is 11.0.